The molecular formula is C12H17N5S. The monoisotopic (exact) mass is 263 g/mol. The van der Waals surface area contributed by atoms with Gasteiger partial charge < -0.3 is 10.6 Å². The van der Waals surface area contributed by atoms with Crippen molar-refractivity contribution in [3.05, 3.63) is 28.0 Å². The molecule has 6 heteroatoms. The Kier molecular flexibility index (Phi) is 4.09. The summed E-state index contributed by atoms with van der Waals surface area (Å²) < 4.78 is 0. The van der Waals surface area contributed by atoms with Crippen LogP contribution in [0.4, 0.5) is 11.6 Å². The largest absolute Gasteiger partial charge is 0.370 e. The molecule has 0 aliphatic carbocycles. The van der Waals surface area contributed by atoms with Gasteiger partial charge >= 0.3 is 0 Å². The highest BCUT2D eigenvalue weighted by atomic mass is 32.1. The van der Waals surface area contributed by atoms with E-state index in [4.69, 9.17) is 0 Å². The molecule has 18 heavy (non-hydrogen) atoms. The van der Waals surface area contributed by atoms with Crippen LogP contribution in [0.2, 0.25) is 0 Å². The number of aryl methyl sites for hydroxylation is 1. The van der Waals surface area contributed by atoms with E-state index in [1.165, 1.54) is 4.88 Å². The molecule has 0 radical (unpaired) electrons. The number of hydrogen-bond acceptors (Lipinski definition) is 6. The minimum Gasteiger partial charge on any atom is -0.370 e. The van der Waals surface area contributed by atoms with Gasteiger partial charge in [0.15, 0.2) is 0 Å². The number of anilines is 2. The fourth-order valence-corrected chi connectivity index (χ4v) is 2.17. The van der Waals surface area contributed by atoms with Gasteiger partial charge in [-0.15, -0.1) is 11.3 Å². The first kappa shape index (κ1) is 12.8. The van der Waals surface area contributed by atoms with Crippen LogP contribution in [0.3, 0.4) is 0 Å². The Morgan fingerprint density at radius 2 is 1.89 bits per heavy atom. The summed E-state index contributed by atoms with van der Waals surface area (Å²) in [5, 5.41) is 6.58. The summed E-state index contributed by atoms with van der Waals surface area (Å²) in [6.45, 7) is 7.57. The van der Waals surface area contributed by atoms with E-state index in [1.807, 2.05) is 25.6 Å². The normalized spacial score (nSPS) is 10.4. The second-order valence-corrected chi connectivity index (χ2v) is 4.92. The van der Waals surface area contributed by atoms with Gasteiger partial charge in [-0.1, -0.05) is 0 Å². The lowest BCUT2D eigenvalue weighted by atomic mass is 10.3. The molecule has 2 rings (SSSR count). The quantitative estimate of drug-likeness (QED) is 0.868. The summed E-state index contributed by atoms with van der Waals surface area (Å²) in [6, 6.07) is 0. The molecule has 0 aliphatic heterocycles. The predicted octanol–water partition coefficient (Wildman–Crippen LogP) is 2.59. The third kappa shape index (κ3) is 2.95. The summed E-state index contributed by atoms with van der Waals surface area (Å²) in [6.07, 6.45) is 1.87. The molecule has 0 aromatic carbocycles. The molecule has 0 fully saturated rings. The van der Waals surface area contributed by atoms with E-state index in [0.717, 1.165) is 36.1 Å². The van der Waals surface area contributed by atoms with Gasteiger partial charge in [0.1, 0.15) is 17.5 Å². The highest BCUT2D eigenvalue weighted by Gasteiger charge is 2.08. The lowest BCUT2D eigenvalue weighted by Crippen LogP contribution is -2.09. The lowest BCUT2D eigenvalue weighted by molar-refractivity contribution is 0.996. The molecule has 0 spiro atoms. The van der Waals surface area contributed by atoms with Crippen LogP contribution in [-0.2, 0) is 6.54 Å². The predicted molar refractivity (Wildman–Crippen MR) is 75.1 cm³/mol. The molecule has 5 nitrogen and oxygen atoms in total. The molecule has 0 saturated carbocycles. The zero-order valence-corrected chi connectivity index (χ0v) is 11.6. The van der Waals surface area contributed by atoms with Crippen molar-refractivity contribution >= 4 is 23.0 Å². The standard InChI is InChI=1S/C12H17N5S/c1-4-14-11-8(2)12(17-9(3)16-11)15-6-10-5-13-7-18-10/h5,7H,4,6H2,1-3H3,(H2,14,15,16,17). The molecular weight excluding hydrogens is 246 g/mol. The average molecular weight is 263 g/mol. The molecule has 2 aromatic rings. The Bertz CT molecular complexity index is 509. The van der Waals surface area contributed by atoms with Crippen LogP contribution in [0.1, 0.15) is 23.2 Å². The summed E-state index contributed by atoms with van der Waals surface area (Å²) in [5.74, 6) is 2.55. The molecule has 0 atom stereocenters. The minimum absolute atomic E-state index is 0.744. The van der Waals surface area contributed by atoms with Crippen molar-refractivity contribution in [2.45, 2.75) is 27.3 Å². The molecule has 96 valence electrons. The fourth-order valence-electron chi connectivity index (χ4n) is 1.64. The van der Waals surface area contributed by atoms with Crippen molar-refractivity contribution in [3.8, 4) is 0 Å². The van der Waals surface area contributed by atoms with Gasteiger partial charge in [0, 0.05) is 23.2 Å². The van der Waals surface area contributed by atoms with E-state index in [2.05, 4.69) is 32.5 Å². The molecule has 2 heterocycles. The molecule has 0 unspecified atom stereocenters. The zero-order chi connectivity index (χ0) is 13.0. The van der Waals surface area contributed by atoms with Gasteiger partial charge in [-0.05, 0) is 20.8 Å². The highest BCUT2D eigenvalue weighted by molar-refractivity contribution is 7.09. The van der Waals surface area contributed by atoms with E-state index in [1.54, 1.807) is 11.3 Å². The van der Waals surface area contributed by atoms with Crippen LogP contribution in [0, 0.1) is 13.8 Å². The Labute approximate surface area is 111 Å². The SMILES string of the molecule is CCNc1nc(C)nc(NCc2cncs2)c1C. The van der Waals surface area contributed by atoms with Crippen LogP contribution >= 0.6 is 11.3 Å². The van der Waals surface area contributed by atoms with Crippen molar-refractivity contribution < 1.29 is 0 Å². The van der Waals surface area contributed by atoms with Crippen LogP contribution in [-0.4, -0.2) is 21.5 Å². The van der Waals surface area contributed by atoms with Crippen LogP contribution in [0.15, 0.2) is 11.7 Å². The number of hydrogen-bond donors (Lipinski definition) is 2. The topological polar surface area (TPSA) is 62.7 Å². The van der Waals surface area contributed by atoms with E-state index < -0.39 is 0 Å². The van der Waals surface area contributed by atoms with E-state index in [0.29, 0.717) is 0 Å². The van der Waals surface area contributed by atoms with Crippen molar-refractivity contribution in [1.29, 1.82) is 0 Å². The van der Waals surface area contributed by atoms with Gasteiger partial charge in [0.2, 0.25) is 0 Å². The second kappa shape index (κ2) is 5.77. The third-order valence-electron chi connectivity index (χ3n) is 2.52. The van der Waals surface area contributed by atoms with E-state index in [9.17, 15) is 0 Å². The fraction of sp³-hybridized carbons (Fsp3) is 0.417. The number of thiazole rings is 1. The van der Waals surface area contributed by atoms with Gasteiger partial charge in [0.25, 0.3) is 0 Å². The Hall–Kier alpha value is -1.69. The van der Waals surface area contributed by atoms with Crippen LogP contribution < -0.4 is 10.6 Å². The van der Waals surface area contributed by atoms with Gasteiger partial charge in [-0.2, -0.15) is 0 Å². The number of aromatic nitrogens is 3. The number of rotatable bonds is 5. The molecule has 0 amide bonds. The molecule has 2 N–H and O–H groups in total. The maximum atomic E-state index is 4.44. The molecule has 0 saturated heterocycles. The molecule has 0 bridgehead atoms. The number of nitrogens with zero attached hydrogens (tertiary/aromatic N) is 3. The maximum Gasteiger partial charge on any atom is 0.135 e. The summed E-state index contributed by atoms with van der Waals surface area (Å²) >= 11 is 1.63. The van der Waals surface area contributed by atoms with Crippen molar-refractivity contribution in [1.82, 2.24) is 15.0 Å². The highest BCUT2D eigenvalue weighted by Crippen LogP contribution is 2.20. The van der Waals surface area contributed by atoms with E-state index in [-0.39, 0.29) is 0 Å². The summed E-state index contributed by atoms with van der Waals surface area (Å²) in [5.41, 5.74) is 2.88. The van der Waals surface area contributed by atoms with E-state index >= 15 is 0 Å². The first-order chi connectivity index (χ1) is 8.70. The first-order valence-electron chi connectivity index (χ1n) is 5.91. The van der Waals surface area contributed by atoms with Gasteiger partial charge in [-0.25, -0.2) is 9.97 Å². The first-order valence-corrected chi connectivity index (χ1v) is 6.79. The zero-order valence-electron chi connectivity index (χ0n) is 10.8. The van der Waals surface area contributed by atoms with Crippen LogP contribution in [0.25, 0.3) is 0 Å². The Balaban J connectivity index is 2.16. The van der Waals surface area contributed by atoms with Gasteiger partial charge in [-0.3, -0.25) is 4.98 Å². The van der Waals surface area contributed by atoms with Crippen molar-refractivity contribution in [2.24, 2.45) is 0 Å². The molecule has 2 aromatic heterocycles. The Morgan fingerprint density at radius 3 is 2.50 bits per heavy atom. The third-order valence-corrected chi connectivity index (χ3v) is 3.29. The van der Waals surface area contributed by atoms with Crippen molar-refractivity contribution in [2.75, 3.05) is 17.2 Å². The van der Waals surface area contributed by atoms with Crippen molar-refractivity contribution in [3.63, 3.8) is 0 Å². The van der Waals surface area contributed by atoms with Gasteiger partial charge in [0.05, 0.1) is 12.1 Å². The minimum atomic E-state index is 0.744. The lowest BCUT2D eigenvalue weighted by Gasteiger charge is -2.12. The maximum absolute atomic E-state index is 4.44. The number of nitrogens with one attached hydrogen (secondary N) is 2. The van der Waals surface area contributed by atoms with Crippen LogP contribution in [0.5, 0.6) is 0 Å². The second-order valence-electron chi connectivity index (χ2n) is 3.94. The summed E-state index contributed by atoms with van der Waals surface area (Å²) in [7, 11) is 0. The Morgan fingerprint density at radius 1 is 1.17 bits per heavy atom. The smallest absolute Gasteiger partial charge is 0.135 e. The average Bonchev–Trinajstić information content (AvgIpc) is 2.85. The summed E-state index contributed by atoms with van der Waals surface area (Å²) in [4.78, 5) is 14.1. The molecule has 0 aliphatic rings.